The average Bonchev–Trinajstić information content (AvgIpc) is 3.06. The van der Waals surface area contributed by atoms with Crippen molar-refractivity contribution in [2.24, 2.45) is 13.0 Å². The summed E-state index contributed by atoms with van der Waals surface area (Å²) in [5.41, 5.74) is 0.797. The van der Waals surface area contributed by atoms with Crippen molar-refractivity contribution in [3.8, 4) is 0 Å². The Morgan fingerprint density at radius 2 is 2.08 bits per heavy atom. The molecule has 0 radical (unpaired) electrons. The van der Waals surface area contributed by atoms with Crippen LogP contribution in [0, 0.1) is 16.0 Å². The van der Waals surface area contributed by atoms with Crippen molar-refractivity contribution >= 4 is 17.2 Å². The SMILES string of the molecule is CC(=O)c1ccc(N2CCC(C(O)c3nccn3C)CC2)c([N+](=O)[O-])c1. The summed E-state index contributed by atoms with van der Waals surface area (Å²) < 4.78 is 1.81. The summed E-state index contributed by atoms with van der Waals surface area (Å²) in [4.78, 5) is 28.6. The van der Waals surface area contributed by atoms with Gasteiger partial charge in [-0.05, 0) is 37.8 Å². The number of aliphatic hydroxyl groups is 1. The largest absolute Gasteiger partial charge is 0.385 e. The van der Waals surface area contributed by atoms with E-state index >= 15 is 0 Å². The van der Waals surface area contributed by atoms with Crippen LogP contribution < -0.4 is 4.90 Å². The summed E-state index contributed by atoms with van der Waals surface area (Å²) in [5, 5.41) is 22.0. The van der Waals surface area contributed by atoms with Gasteiger partial charge in [-0.2, -0.15) is 0 Å². The number of aryl methyl sites for hydroxylation is 1. The highest BCUT2D eigenvalue weighted by Gasteiger charge is 2.30. The zero-order chi connectivity index (χ0) is 18.8. The van der Waals surface area contributed by atoms with Crippen LogP contribution in [0.1, 0.15) is 42.1 Å². The molecule has 2 aromatic rings. The van der Waals surface area contributed by atoms with E-state index in [9.17, 15) is 20.0 Å². The fraction of sp³-hybridized carbons (Fsp3) is 0.444. The third-order valence-corrected chi connectivity index (χ3v) is 5.03. The highest BCUT2D eigenvalue weighted by atomic mass is 16.6. The minimum atomic E-state index is -0.646. The molecular formula is C18H22N4O4. The number of nitro groups is 1. The summed E-state index contributed by atoms with van der Waals surface area (Å²) in [6.45, 7) is 2.60. The van der Waals surface area contributed by atoms with Gasteiger partial charge in [0.25, 0.3) is 5.69 Å². The molecule has 1 aromatic heterocycles. The summed E-state index contributed by atoms with van der Waals surface area (Å²) in [6, 6.07) is 4.61. The molecule has 8 heteroatoms. The van der Waals surface area contributed by atoms with Crippen LogP contribution in [0.2, 0.25) is 0 Å². The average molecular weight is 358 g/mol. The van der Waals surface area contributed by atoms with E-state index in [1.165, 1.54) is 13.0 Å². The van der Waals surface area contributed by atoms with Gasteiger partial charge >= 0.3 is 0 Å². The smallest absolute Gasteiger partial charge is 0.293 e. The molecule has 3 rings (SSSR count). The molecule has 1 unspecified atom stereocenters. The van der Waals surface area contributed by atoms with Crippen LogP contribution in [0.5, 0.6) is 0 Å². The molecule has 1 aliphatic heterocycles. The molecule has 8 nitrogen and oxygen atoms in total. The molecule has 1 saturated heterocycles. The van der Waals surface area contributed by atoms with Gasteiger partial charge in [-0.15, -0.1) is 0 Å². The quantitative estimate of drug-likeness (QED) is 0.500. The van der Waals surface area contributed by atoms with Crippen LogP contribution in [0.15, 0.2) is 30.6 Å². The Morgan fingerprint density at radius 1 is 1.38 bits per heavy atom. The van der Waals surface area contributed by atoms with E-state index in [0.717, 1.165) is 0 Å². The molecule has 1 atom stereocenters. The number of aromatic nitrogens is 2. The van der Waals surface area contributed by atoms with Gasteiger partial charge in [-0.1, -0.05) is 0 Å². The molecule has 1 aliphatic rings. The summed E-state index contributed by atoms with van der Waals surface area (Å²) >= 11 is 0. The number of nitro benzene ring substituents is 1. The molecule has 0 saturated carbocycles. The first-order valence-electron chi connectivity index (χ1n) is 8.58. The maximum absolute atomic E-state index is 11.5. The number of hydrogen-bond donors (Lipinski definition) is 1. The Bertz CT molecular complexity index is 824. The van der Waals surface area contributed by atoms with Crippen molar-refractivity contribution < 1.29 is 14.8 Å². The molecule has 26 heavy (non-hydrogen) atoms. The van der Waals surface area contributed by atoms with E-state index in [2.05, 4.69) is 4.98 Å². The molecule has 0 spiro atoms. The maximum atomic E-state index is 11.5. The van der Waals surface area contributed by atoms with Crippen LogP contribution in [0.25, 0.3) is 0 Å². The highest BCUT2D eigenvalue weighted by Crippen LogP contribution is 2.35. The maximum Gasteiger partial charge on any atom is 0.293 e. The lowest BCUT2D eigenvalue weighted by atomic mass is 9.90. The van der Waals surface area contributed by atoms with Crippen LogP contribution in [0.4, 0.5) is 11.4 Å². The van der Waals surface area contributed by atoms with E-state index in [4.69, 9.17) is 0 Å². The summed E-state index contributed by atoms with van der Waals surface area (Å²) in [6.07, 6.45) is 4.23. The van der Waals surface area contributed by atoms with Crippen molar-refractivity contribution in [1.29, 1.82) is 0 Å². The normalized spacial score (nSPS) is 16.5. The van der Waals surface area contributed by atoms with Crippen molar-refractivity contribution in [2.45, 2.75) is 25.9 Å². The standard InChI is InChI=1S/C18H22N4O4/c1-12(23)14-3-4-15(16(11-14)22(25)26)21-8-5-13(6-9-21)17(24)18-19-7-10-20(18)2/h3-4,7,10-11,13,17,24H,5-6,8-9H2,1-2H3. The van der Waals surface area contributed by atoms with Gasteiger partial charge in [-0.3, -0.25) is 14.9 Å². The van der Waals surface area contributed by atoms with Gasteiger partial charge in [0.2, 0.25) is 0 Å². The monoisotopic (exact) mass is 358 g/mol. The predicted molar refractivity (Wildman–Crippen MR) is 96.2 cm³/mol. The van der Waals surface area contributed by atoms with Gasteiger partial charge in [-0.25, -0.2) is 4.98 Å². The number of imidazole rings is 1. The van der Waals surface area contributed by atoms with Gasteiger partial charge in [0.15, 0.2) is 5.78 Å². The Kier molecular flexibility index (Phi) is 5.03. The number of Topliss-reactive ketones (excluding diaryl/α,β-unsaturated/α-hetero) is 1. The topological polar surface area (TPSA) is 102 Å². The van der Waals surface area contributed by atoms with Crippen LogP contribution in [-0.4, -0.2) is 38.5 Å². The first kappa shape index (κ1) is 18.1. The number of aliphatic hydroxyl groups excluding tert-OH is 1. The molecular weight excluding hydrogens is 336 g/mol. The van der Waals surface area contributed by atoms with Crippen molar-refractivity contribution in [1.82, 2.24) is 9.55 Å². The van der Waals surface area contributed by atoms with Crippen LogP contribution >= 0.6 is 0 Å². The number of carbonyl (C=O) groups is 1. The van der Waals surface area contributed by atoms with Gasteiger partial charge in [0.05, 0.1) is 4.92 Å². The lowest BCUT2D eigenvalue weighted by Crippen LogP contribution is -2.36. The Balaban J connectivity index is 1.75. The molecule has 0 bridgehead atoms. The number of hydrogen-bond acceptors (Lipinski definition) is 6. The van der Waals surface area contributed by atoms with E-state index in [-0.39, 0.29) is 17.4 Å². The number of carbonyl (C=O) groups excluding carboxylic acids is 1. The minimum Gasteiger partial charge on any atom is -0.385 e. The first-order chi connectivity index (χ1) is 12.4. The number of ketones is 1. The second kappa shape index (κ2) is 7.25. The van der Waals surface area contributed by atoms with E-state index < -0.39 is 11.0 Å². The second-order valence-corrected chi connectivity index (χ2v) is 6.68. The van der Waals surface area contributed by atoms with Crippen molar-refractivity contribution in [3.05, 3.63) is 52.1 Å². The molecule has 1 N–H and O–H groups in total. The zero-order valence-corrected chi connectivity index (χ0v) is 14.8. The number of anilines is 1. The van der Waals surface area contributed by atoms with Crippen molar-refractivity contribution in [3.63, 3.8) is 0 Å². The summed E-state index contributed by atoms with van der Waals surface area (Å²) in [7, 11) is 1.85. The zero-order valence-electron chi connectivity index (χ0n) is 14.8. The lowest BCUT2D eigenvalue weighted by molar-refractivity contribution is -0.384. The third-order valence-electron chi connectivity index (χ3n) is 5.03. The minimum absolute atomic E-state index is 0.0548. The molecule has 2 heterocycles. The summed E-state index contributed by atoms with van der Waals surface area (Å²) in [5.74, 6) is 0.500. The fourth-order valence-electron chi connectivity index (χ4n) is 3.49. The Hall–Kier alpha value is -2.74. The predicted octanol–water partition coefficient (Wildman–Crippen LogP) is 2.48. The second-order valence-electron chi connectivity index (χ2n) is 6.68. The number of piperidine rings is 1. The highest BCUT2D eigenvalue weighted by molar-refractivity contribution is 5.95. The molecule has 0 amide bonds. The van der Waals surface area contributed by atoms with Gasteiger partial charge in [0.1, 0.15) is 17.6 Å². The van der Waals surface area contributed by atoms with Gasteiger partial charge < -0.3 is 14.6 Å². The third kappa shape index (κ3) is 3.45. The van der Waals surface area contributed by atoms with Gasteiger partial charge in [0, 0.05) is 44.2 Å². The molecule has 0 aliphatic carbocycles. The number of rotatable bonds is 5. The lowest BCUT2D eigenvalue weighted by Gasteiger charge is -2.35. The fourth-order valence-corrected chi connectivity index (χ4v) is 3.49. The van der Waals surface area contributed by atoms with Crippen molar-refractivity contribution in [2.75, 3.05) is 18.0 Å². The van der Waals surface area contributed by atoms with Crippen LogP contribution in [-0.2, 0) is 7.05 Å². The molecule has 1 fully saturated rings. The Morgan fingerprint density at radius 3 is 2.62 bits per heavy atom. The molecule has 1 aromatic carbocycles. The Labute approximate surface area is 151 Å². The number of benzene rings is 1. The van der Waals surface area contributed by atoms with E-state index in [1.807, 2.05) is 16.5 Å². The van der Waals surface area contributed by atoms with Crippen LogP contribution in [0.3, 0.4) is 0 Å². The number of nitrogens with zero attached hydrogens (tertiary/aromatic N) is 4. The first-order valence-corrected chi connectivity index (χ1v) is 8.58. The van der Waals surface area contributed by atoms with E-state index in [0.29, 0.717) is 43.0 Å². The molecule has 138 valence electrons. The van der Waals surface area contributed by atoms with E-state index in [1.54, 1.807) is 24.5 Å².